The van der Waals surface area contributed by atoms with Crippen LogP contribution in [0.2, 0.25) is 0 Å². The first-order valence-corrected chi connectivity index (χ1v) is 9.74. The average molecular weight is 367 g/mol. The molecule has 1 fully saturated rings. The van der Waals surface area contributed by atoms with Gasteiger partial charge in [-0.2, -0.15) is 0 Å². The van der Waals surface area contributed by atoms with Crippen molar-refractivity contribution in [2.24, 2.45) is 0 Å². The van der Waals surface area contributed by atoms with Crippen LogP contribution < -0.4 is 10.4 Å². The molecular weight excluding hydrogens is 340 g/mol. The van der Waals surface area contributed by atoms with Gasteiger partial charge in [-0.05, 0) is 63.7 Å². The highest BCUT2D eigenvalue weighted by atomic mass is 19.1. The highest BCUT2D eigenvalue weighted by Crippen LogP contribution is 2.36. The zero-order valence-corrected chi connectivity index (χ0v) is 16.6. The van der Waals surface area contributed by atoms with Gasteiger partial charge in [-0.1, -0.05) is 30.3 Å². The molecule has 0 N–H and O–H groups in total. The minimum atomic E-state index is -0.533. The van der Waals surface area contributed by atoms with Gasteiger partial charge in [0.05, 0.1) is 11.2 Å². The van der Waals surface area contributed by atoms with Crippen LogP contribution in [0.25, 0.3) is 0 Å². The molecule has 2 aromatic rings. The monoisotopic (exact) mass is 367 g/mol. The van der Waals surface area contributed by atoms with Crippen LogP contribution in [0.1, 0.15) is 45.2 Å². The van der Waals surface area contributed by atoms with E-state index >= 15 is 0 Å². The highest BCUT2D eigenvalue weighted by Gasteiger charge is 2.51. The molecule has 0 atom stereocenters. The minimum absolute atomic E-state index is 0.203. The Kier molecular flexibility index (Phi) is 4.56. The molecule has 1 saturated heterocycles. The summed E-state index contributed by atoms with van der Waals surface area (Å²) in [6.45, 7) is 9.55. The summed E-state index contributed by atoms with van der Waals surface area (Å²) in [4.78, 5) is 2.27. The zero-order chi connectivity index (χ0) is 19.2. The maximum Gasteiger partial charge on any atom is 0.494 e. The second kappa shape index (κ2) is 6.64. The lowest BCUT2D eigenvalue weighted by Crippen LogP contribution is -2.41. The summed E-state index contributed by atoms with van der Waals surface area (Å²) in [5.74, 6) is -0.203. The van der Waals surface area contributed by atoms with Crippen molar-refractivity contribution >= 4 is 18.3 Å². The number of aryl methyl sites for hydroxylation is 1. The van der Waals surface area contributed by atoms with Gasteiger partial charge in [-0.3, -0.25) is 0 Å². The number of nitrogens with zero attached hydrogens (tertiary/aromatic N) is 1. The molecule has 2 aromatic carbocycles. The van der Waals surface area contributed by atoms with Crippen LogP contribution in [-0.2, 0) is 22.3 Å². The van der Waals surface area contributed by atoms with E-state index in [-0.39, 0.29) is 5.82 Å². The Morgan fingerprint density at radius 3 is 2.44 bits per heavy atom. The second-order valence-electron chi connectivity index (χ2n) is 8.59. The molecule has 2 aliphatic heterocycles. The van der Waals surface area contributed by atoms with E-state index in [1.54, 1.807) is 6.07 Å². The summed E-state index contributed by atoms with van der Waals surface area (Å²) >= 11 is 0. The van der Waals surface area contributed by atoms with Crippen LogP contribution in [-0.4, -0.2) is 24.9 Å². The third-order valence-electron chi connectivity index (χ3n) is 6.17. The van der Waals surface area contributed by atoms with Crippen molar-refractivity contribution in [3.63, 3.8) is 0 Å². The molecule has 142 valence electrons. The average Bonchev–Trinajstić information content (AvgIpc) is 2.84. The van der Waals surface area contributed by atoms with Gasteiger partial charge in [0.15, 0.2) is 0 Å². The molecule has 0 spiro atoms. The van der Waals surface area contributed by atoms with E-state index in [1.165, 1.54) is 11.3 Å². The van der Waals surface area contributed by atoms with Crippen LogP contribution in [0.5, 0.6) is 0 Å². The SMILES string of the molecule is CC1(C)OB(c2ccc(CN3CCCc4ccccc43)c(F)c2)OC1(C)C. The van der Waals surface area contributed by atoms with E-state index in [4.69, 9.17) is 9.31 Å². The third-order valence-corrected chi connectivity index (χ3v) is 6.17. The number of hydrogen-bond donors (Lipinski definition) is 0. The summed E-state index contributed by atoms with van der Waals surface area (Å²) in [6.07, 6.45) is 2.20. The topological polar surface area (TPSA) is 21.7 Å². The van der Waals surface area contributed by atoms with Gasteiger partial charge >= 0.3 is 7.12 Å². The van der Waals surface area contributed by atoms with Gasteiger partial charge in [0.1, 0.15) is 5.82 Å². The molecular formula is C22H27BFNO2. The summed E-state index contributed by atoms with van der Waals surface area (Å²) in [5, 5.41) is 0. The van der Waals surface area contributed by atoms with E-state index in [0.717, 1.165) is 24.8 Å². The fourth-order valence-electron chi connectivity index (χ4n) is 3.80. The van der Waals surface area contributed by atoms with Crippen molar-refractivity contribution in [3.05, 3.63) is 59.4 Å². The van der Waals surface area contributed by atoms with Crippen molar-refractivity contribution in [3.8, 4) is 0 Å². The van der Waals surface area contributed by atoms with E-state index in [1.807, 2.05) is 39.8 Å². The molecule has 0 unspecified atom stereocenters. The van der Waals surface area contributed by atoms with Crippen LogP contribution in [0.3, 0.4) is 0 Å². The standard InChI is InChI=1S/C22H27BFNO2/c1-21(2)22(3,4)27-23(26-21)18-12-11-17(19(24)14-18)15-25-13-7-9-16-8-5-6-10-20(16)25/h5-6,8,10-12,14H,7,9,13,15H2,1-4H3. The fraction of sp³-hybridized carbons (Fsp3) is 0.455. The molecule has 0 aromatic heterocycles. The van der Waals surface area contributed by atoms with E-state index in [9.17, 15) is 4.39 Å². The largest absolute Gasteiger partial charge is 0.494 e. The summed E-state index contributed by atoms with van der Waals surface area (Å²) < 4.78 is 27.0. The lowest BCUT2D eigenvalue weighted by atomic mass is 9.78. The summed E-state index contributed by atoms with van der Waals surface area (Å²) in [5.41, 5.74) is 3.14. The normalized spacial score (nSPS) is 20.6. The Morgan fingerprint density at radius 2 is 1.74 bits per heavy atom. The smallest absolute Gasteiger partial charge is 0.399 e. The Morgan fingerprint density at radius 1 is 1.04 bits per heavy atom. The number of para-hydroxylation sites is 1. The molecule has 2 heterocycles. The fourth-order valence-corrected chi connectivity index (χ4v) is 3.80. The van der Waals surface area contributed by atoms with Crippen LogP contribution in [0, 0.1) is 5.82 Å². The van der Waals surface area contributed by atoms with E-state index in [0.29, 0.717) is 12.1 Å². The number of rotatable bonds is 3. The van der Waals surface area contributed by atoms with E-state index < -0.39 is 18.3 Å². The Labute approximate surface area is 161 Å². The molecule has 27 heavy (non-hydrogen) atoms. The van der Waals surface area contributed by atoms with E-state index in [2.05, 4.69) is 29.2 Å². The number of hydrogen-bond acceptors (Lipinski definition) is 3. The van der Waals surface area contributed by atoms with Gasteiger partial charge in [0, 0.05) is 24.3 Å². The number of halogens is 1. The predicted molar refractivity (Wildman–Crippen MR) is 108 cm³/mol. The molecule has 0 amide bonds. The van der Waals surface area contributed by atoms with Crippen LogP contribution in [0.15, 0.2) is 42.5 Å². The van der Waals surface area contributed by atoms with Crippen LogP contribution >= 0.6 is 0 Å². The van der Waals surface area contributed by atoms with Crippen molar-refractivity contribution in [2.75, 3.05) is 11.4 Å². The second-order valence-corrected chi connectivity index (χ2v) is 8.59. The van der Waals surface area contributed by atoms with Crippen LogP contribution in [0.4, 0.5) is 10.1 Å². The number of fused-ring (bicyclic) bond motifs is 1. The van der Waals surface area contributed by atoms with Gasteiger partial charge in [0.25, 0.3) is 0 Å². The number of anilines is 1. The lowest BCUT2D eigenvalue weighted by Gasteiger charge is -2.32. The lowest BCUT2D eigenvalue weighted by molar-refractivity contribution is 0.00578. The predicted octanol–water partition coefficient (Wildman–Crippen LogP) is 4.08. The molecule has 0 aliphatic carbocycles. The quantitative estimate of drug-likeness (QED) is 0.764. The van der Waals surface area contributed by atoms with Crippen molar-refractivity contribution in [1.29, 1.82) is 0 Å². The molecule has 0 saturated carbocycles. The van der Waals surface area contributed by atoms with Crippen molar-refractivity contribution < 1.29 is 13.7 Å². The zero-order valence-electron chi connectivity index (χ0n) is 16.6. The minimum Gasteiger partial charge on any atom is -0.399 e. The third kappa shape index (κ3) is 3.39. The molecule has 0 radical (unpaired) electrons. The molecule has 3 nitrogen and oxygen atoms in total. The summed E-state index contributed by atoms with van der Waals surface area (Å²) in [6, 6.07) is 13.8. The number of benzene rings is 2. The Bertz CT molecular complexity index is 836. The van der Waals surface area contributed by atoms with Gasteiger partial charge < -0.3 is 14.2 Å². The first-order chi connectivity index (χ1) is 12.8. The Balaban J connectivity index is 1.54. The first-order valence-electron chi connectivity index (χ1n) is 9.74. The van der Waals surface area contributed by atoms with Gasteiger partial charge in [-0.15, -0.1) is 0 Å². The molecule has 2 aliphatic rings. The summed E-state index contributed by atoms with van der Waals surface area (Å²) in [7, 11) is -0.533. The highest BCUT2D eigenvalue weighted by molar-refractivity contribution is 6.62. The molecule has 5 heteroatoms. The molecule has 4 rings (SSSR count). The maximum absolute atomic E-state index is 14.9. The van der Waals surface area contributed by atoms with Gasteiger partial charge in [-0.25, -0.2) is 4.39 Å². The van der Waals surface area contributed by atoms with Gasteiger partial charge in [0.2, 0.25) is 0 Å². The molecule has 0 bridgehead atoms. The first kappa shape index (κ1) is 18.5. The Hall–Kier alpha value is -1.85. The van der Waals surface area contributed by atoms with Crippen molar-refractivity contribution in [1.82, 2.24) is 0 Å². The van der Waals surface area contributed by atoms with Crippen molar-refractivity contribution in [2.45, 2.75) is 58.3 Å². The maximum atomic E-state index is 14.9.